The summed E-state index contributed by atoms with van der Waals surface area (Å²) < 4.78 is 12.9. The van der Waals surface area contributed by atoms with Gasteiger partial charge in [-0.25, -0.2) is 0 Å². The molecule has 2 saturated heterocycles. The molecule has 3 heterocycles. The number of hydrogen-bond donors (Lipinski definition) is 1. The molecule has 0 aromatic carbocycles. The van der Waals surface area contributed by atoms with Crippen LogP contribution in [0.15, 0.2) is 15.9 Å². The van der Waals surface area contributed by atoms with Gasteiger partial charge < -0.3 is 14.8 Å². The van der Waals surface area contributed by atoms with E-state index in [9.17, 15) is 0 Å². The van der Waals surface area contributed by atoms with Crippen molar-refractivity contribution in [2.24, 2.45) is 5.92 Å². The highest BCUT2D eigenvalue weighted by atomic mass is 79.9. The van der Waals surface area contributed by atoms with E-state index in [1.807, 2.05) is 11.3 Å². The summed E-state index contributed by atoms with van der Waals surface area (Å²) >= 11 is 5.44. The molecule has 0 saturated carbocycles. The van der Waals surface area contributed by atoms with Gasteiger partial charge in [0.1, 0.15) is 0 Å². The van der Waals surface area contributed by atoms with Crippen LogP contribution in [0, 0.1) is 5.92 Å². The van der Waals surface area contributed by atoms with Crippen molar-refractivity contribution in [3.05, 3.63) is 20.8 Å². The van der Waals surface area contributed by atoms with Crippen LogP contribution in [-0.2, 0) is 9.47 Å². The molecule has 3 nitrogen and oxygen atoms in total. The Balaban J connectivity index is 1.75. The van der Waals surface area contributed by atoms with Gasteiger partial charge >= 0.3 is 0 Å². The fourth-order valence-corrected chi connectivity index (χ4v) is 5.12. The van der Waals surface area contributed by atoms with Gasteiger partial charge in [-0.1, -0.05) is 6.92 Å². The maximum Gasteiger partial charge on any atom is 0.0940 e. The van der Waals surface area contributed by atoms with Gasteiger partial charge in [-0.2, -0.15) is 0 Å². The van der Waals surface area contributed by atoms with E-state index in [0.29, 0.717) is 12.0 Å². The minimum atomic E-state index is -0.0104. The lowest BCUT2D eigenvalue weighted by atomic mass is 9.80. The maximum absolute atomic E-state index is 6.09. The quantitative estimate of drug-likeness (QED) is 0.841. The van der Waals surface area contributed by atoms with Crippen molar-refractivity contribution >= 4 is 27.3 Å². The Morgan fingerprint density at radius 2 is 2.43 bits per heavy atom. The van der Waals surface area contributed by atoms with E-state index in [0.717, 1.165) is 45.6 Å². The van der Waals surface area contributed by atoms with Gasteiger partial charge in [0.05, 0.1) is 12.2 Å². The van der Waals surface area contributed by atoms with Crippen LogP contribution < -0.4 is 5.32 Å². The summed E-state index contributed by atoms with van der Waals surface area (Å²) in [4.78, 5) is 1.44. The molecule has 0 aliphatic carbocycles. The number of rotatable bonds is 5. The Bertz CT molecular complexity index is 459. The Hall–Kier alpha value is 0.0600. The first-order chi connectivity index (χ1) is 10.2. The lowest BCUT2D eigenvalue weighted by Gasteiger charge is -2.40. The number of halogens is 1. The molecular weight excluding hydrogens is 350 g/mol. The van der Waals surface area contributed by atoms with Gasteiger partial charge in [0.2, 0.25) is 0 Å². The molecule has 0 radical (unpaired) electrons. The lowest BCUT2D eigenvalue weighted by Crippen LogP contribution is -2.44. The van der Waals surface area contributed by atoms with Gasteiger partial charge in [0.15, 0.2) is 0 Å². The molecule has 3 atom stereocenters. The van der Waals surface area contributed by atoms with Crippen molar-refractivity contribution in [1.82, 2.24) is 5.32 Å². The van der Waals surface area contributed by atoms with Crippen molar-refractivity contribution in [2.75, 3.05) is 26.4 Å². The summed E-state index contributed by atoms with van der Waals surface area (Å²) in [5, 5.41) is 5.95. The first kappa shape index (κ1) is 15.9. The Morgan fingerprint density at radius 3 is 3.10 bits per heavy atom. The summed E-state index contributed by atoms with van der Waals surface area (Å²) in [6.07, 6.45) is 4.47. The fourth-order valence-electron chi connectivity index (χ4n) is 3.50. The molecule has 0 amide bonds. The summed E-state index contributed by atoms with van der Waals surface area (Å²) in [6.45, 7) is 5.79. The largest absolute Gasteiger partial charge is 0.378 e. The van der Waals surface area contributed by atoms with Crippen molar-refractivity contribution in [1.29, 1.82) is 0 Å². The molecule has 3 unspecified atom stereocenters. The lowest BCUT2D eigenvalue weighted by molar-refractivity contribution is -0.103. The predicted molar refractivity (Wildman–Crippen MR) is 89.9 cm³/mol. The zero-order valence-corrected chi connectivity index (χ0v) is 15.0. The third-order valence-corrected chi connectivity index (χ3v) is 6.35. The van der Waals surface area contributed by atoms with Crippen LogP contribution in [0.1, 0.15) is 43.5 Å². The summed E-state index contributed by atoms with van der Waals surface area (Å²) in [5.41, 5.74) is -0.0104. The highest BCUT2D eigenvalue weighted by molar-refractivity contribution is 9.10. The SMILES string of the molecule is CCCNC(c1cc(Br)cs1)C1CCOC2(CCOC2)C1. The van der Waals surface area contributed by atoms with Crippen molar-refractivity contribution in [3.8, 4) is 0 Å². The summed E-state index contributed by atoms with van der Waals surface area (Å²) in [6, 6.07) is 2.72. The van der Waals surface area contributed by atoms with E-state index in [2.05, 4.69) is 39.6 Å². The van der Waals surface area contributed by atoms with E-state index >= 15 is 0 Å². The van der Waals surface area contributed by atoms with Gasteiger partial charge in [-0.15, -0.1) is 11.3 Å². The average Bonchev–Trinajstić information content (AvgIpc) is 3.10. The van der Waals surface area contributed by atoms with Crippen molar-refractivity contribution in [3.63, 3.8) is 0 Å². The normalized spacial score (nSPS) is 30.9. The Labute approximate surface area is 139 Å². The second-order valence-electron chi connectivity index (χ2n) is 6.19. The summed E-state index contributed by atoms with van der Waals surface area (Å²) in [5.74, 6) is 0.637. The monoisotopic (exact) mass is 373 g/mol. The first-order valence-corrected chi connectivity index (χ1v) is 9.59. The summed E-state index contributed by atoms with van der Waals surface area (Å²) in [7, 11) is 0. The third kappa shape index (κ3) is 3.70. The topological polar surface area (TPSA) is 30.5 Å². The average molecular weight is 374 g/mol. The van der Waals surface area contributed by atoms with Crippen LogP contribution in [0.3, 0.4) is 0 Å². The van der Waals surface area contributed by atoms with Crippen LogP contribution in [0.5, 0.6) is 0 Å². The van der Waals surface area contributed by atoms with Crippen molar-refractivity contribution < 1.29 is 9.47 Å². The van der Waals surface area contributed by atoms with Gasteiger partial charge in [0, 0.05) is 40.4 Å². The molecule has 2 fully saturated rings. The van der Waals surface area contributed by atoms with Crippen LogP contribution in [0.4, 0.5) is 0 Å². The zero-order valence-electron chi connectivity index (χ0n) is 12.6. The van der Waals surface area contributed by atoms with Gasteiger partial charge in [-0.3, -0.25) is 0 Å². The Morgan fingerprint density at radius 1 is 1.52 bits per heavy atom. The second kappa shape index (κ2) is 7.09. The highest BCUT2D eigenvalue weighted by Gasteiger charge is 2.43. The Kier molecular flexibility index (Phi) is 5.38. The number of thiophene rings is 1. The molecule has 1 aromatic heterocycles. The zero-order chi connectivity index (χ0) is 14.7. The molecule has 2 aliphatic rings. The van der Waals surface area contributed by atoms with Crippen LogP contribution in [-0.4, -0.2) is 32.0 Å². The van der Waals surface area contributed by atoms with E-state index in [-0.39, 0.29) is 5.60 Å². The van der Waals surface area contributed by atoms with Gasteiger partial charge in [-0.05, 0) is 53.7 Å². The van der Waals surface area contributed by atoms with E-state index in [1.54, 1.807) is 0 Å². The second-order valence-corrected chi connectivity index (χ2v) is 8.04. The maximum atomic E-state index is 6.09. The number of hydrogen-bond acceptors (Lipinski definition) is 4. The minimum Gasteiger partial charge on any atom is -0.378 e. The molecule has 1 aromatic rings. The van der Waals surface area contributed by atoms with Crippen LogP contribution in [0.25, 0.3) is 0 Å². The van der Waals surface area contributed by atoms with Crippen molar-refractivity contribution in [2.45, 2.75) is 44.2 Å². The smallest absolute Gasteiger partial charge is 0.0940 e. The molecule has 118 valence electrons. The van der Waals surface area contributed by atoms with Crippen LogP contribution >= 0.6 is 27.3 Å². The van der Waals surface area contributed by atoms with Crippen LogP contribution in [0.2, 0.25) is 0 Å². The van der Waals surface area contributed by atoms with Gasteiger partial charge in [0.25, 0.3) is 0 Å². The molecule has 3 rings (SSSR count). The fraction of sp³-hybridized carbons (Fsp3) is 0.750. The minimum absolute atomic E-state index is 0.0104. The molecule has 1 N–H and O–H groups in total. The number of ether oxygens (including phenoxy) is 2. The van der Waals surface area contributed by atoms with E-state index in [1.165, 1.54) is 15.8 Å². The molecular formula is C16H24BrNO2S. The molecule has 1 spiro atoms. The highest BCUT2D eigenvalue weighted by Crippen LogP contribution is 2.42. The predicted octanol–water partition coefficient (Wildman–Crippen LogP) is 4.14. The molecule has 21 heavy (non-hydrogen) atoms. The number of nitrogens with one attached hydrogen (secondary N) is 1. The molecule has 5 heteroatoms. The van der Waals surface area contributed by atoms with E-state index < -0.39 is 0 Å². The standard InChI is InChI=1S/C16H24BrNO2S/c1-2-5-18-15(14-8-13(17)10-21-14)12-3-6-20-16(9-12)4-7-19-11-16/h8,10,12,15,18H,2-7,9,11H2,1H3. The first-order valence-electron chi connectivity index (χ1n) is 7.91. The molecule has 2 aliphatic heterocycles. The van der Waals surface area contributed by atoms with E-state index in [4.69, 9.17) is 9.47 Å². The third-order valence-electron chi connectivity index (χ3n) is 4.58. The molecule has 0 bridgehead atoms.